The number of rotatable bonds is 5. The van der Waals surface area contributed by atoms with Crippen LogP contribution in [0.1, 0.15) is 23.4 Å². The quantitative estimate of drug-likeness (QED) is 0.919. The van der Waals surface area contributed by atoms with E-state index in [0.717, 1.165) is 12.0 Å². The van der Waals surface area contributed by atoms with Gasteiger partial charge < -0.3 is 10.6 Å². The molecule has 0 aliphatic heterocycles. The summed E-state index contributed by atoms with van der Waals surface area (Å²) < 4.78 is 0. The van der Waals surface area contributed by atoms with Gasteiger partial charge in [-0.3, -0.25) is 4.79 Å². The van der Waals surface area contributed by atoms with Crippen LogP contribution in [-0.4, -0.2) is 23.9 Å². The van der Waals surface area contributed by atoms with Crippen molar-refractivity contribution in [3.8, 4) is 0 Å². The summed E-state index contributed by atoms with van der Waals surface area (Å²) in [5.74, 6) is -0.0414. The van der Waals surface area contributed by atoms with E-state index < -0.39 is 6.04 Å². The van der Waals surface area contributed by atoms with Crippen LogP contribution in [0.25, 0.3) is 0 Å². The first kappa shape index (κ1) is 14.8. The van der Waals surface area contributed by atoms with Gasteiger partial charge in [0.05, 0.1) is 0 Å². The van der Waals surface area contributed by atoms with Gasteiger partial charge in [-0.2, -0.15) is 0 Å². The highest BCUT2D eigenvalue weighted by Crippen LogP contribution is 2.17. The smallest absolute Gasteiger partial charge is 0.244 e. The van der Waals surface area contributed by atoms with Gasteiger partial charge in [0.1, 0.15) is 6.04 Å². The van der Waals surface area contributed by atoms with Crippen molar-refractivity contribution in [1.29, 1.82) is 0 Å². The second-order valence-electron chi connectivity index (χ2n) is 4.97. The van der Waals surface area contributed by atoms with E-state index in [2.05, 4.69) is 18.4 Å². The van der Waals surface area contributed by atoms with Gasteiger partial charge in [0, 0.05) is 24.4 Å². The number of amides is 1. The minimum Gasteiger partial charge on any atom is -0.341 e. The number of nitrogens with zero attached hydrogens (tertiary/aromatic N) is 1. The van der Waals surface area contributed by atoms with Crippen LogP contribution in [0.2, 0.25) is 0 Å². The van der Waals surface area contributed by atoms with Crippen LogP contribution in [-0.2, 0) is 11.2 Å². The molecule has 0 spiro atoms. The highest BCUT2D eigenvalue weighted by atomic mass is 32.1. The van der Waals surface area contributed by atoms with E-state index in [1.54, 1.807) is 16.2 Å². The fourth-order valence-electron chi connectivity index (χ4n) is 2.10. The molecule has 0 fully saturated rings. The van der Waals surface area contributed by atoms with Gasteiger partial charge in [-0.15, -0.1) is 11.3 Å². The molecule has 20 heavy (non-hydrogen) atoms. The Morgan fingerprint density at radius 1 is 1.25 bits per heavy atom. The predicted octanol–water partition coefficient (Wildman–Crippen LogP) is 2.84. The molecule has 106 valence electrons. The lowest BCUT2D eigenvalue weighted by Crippen LogP contribution is -2.41. The molecule has 0 bridgehead atoms. The summed E-state index contributed by atoms with van der Waals surface area (Å²) in [4.78, 5) is 15.4. The molecule has 3 nitrogen and oxygen atoms in total. The molecule has 1 heterocycles. The van der Waals surface area contributed by atoms with Crippen LogP contribution in [0.5, 0.6) is 0 Å². The SMILES string of the molecule is CC(Cc1cccs1)N(C)C(=O)[C@H](N)c1ccccc1. The summed E-state index contributed by atoms with van der Waals surface area (Å²) in [6.07, 6.45) is 0.863. The third-order valence-corrected chi connectivity index (χ3v) is 4.41. The molecule has 1 unspecified atom stereocenters. The second kappa shape index (κ2) is 6.68. The van der Waals surface area contributed by atoms with Crippen molar-refractivity contribution < 1.29 is 4.79 Å². The summed E-state index contributed by atoms with van der Waals surface area (Å²) >= 11 is 1.72. The van der Waals surface area contributed by atoms with Crippen molar-refractivity contribution in [1.82, 2.24) is 4.90 Å². The lowest BCUT2D eigenvalue weighted by Gasteiger charge is -2.27. The number of hydrogen-bond donors (Lipinski definition) is 1. The predicted molar refractivity (Wildman–Crippen MR) is 83.6 cm³/mol. The molecule has 0 radical (unpaired) electrons. The zero-order chi connectivity index (χ0) is 14.5. The highest BCUT2D eigenvalue weighted by Gasteiger charge is 2.23. The molecule has 0 saturated heterocycles. The van der Waals surface area contributed by atoms with Crippen molar-refractivity contribution in [2.24, 2.45) is 5.73 Å². The van der Waals surface area contributed by atoms with Gasteiger partial charge in [0.2, 0.25) is 5.91 Å². The number of hydrogen-bond acceptors (Lipinski definition) is 3. The summed E-state index contributed by atoms with van der Waals surface area (Å²) in [7, 11) is 1.82. The molecule has 1 amide bonds. The van der Waals surface area contributed by atoms with E-state index in [0.29, 0.717) is 0 Å². The average Bonchev–Trinajstić information content (AvgIpc) is 2.98. The number of thiophene rings is 1. The van der Waals surface area contributed by atoms with E-state index in [9.17, 15) is 4.79 Å². The first-order valence-corrected chi connectivity index (χ1v) is 7.57. The van der Waals surface area contributed by atoms with Crippen molar-refractivity contribution in [3.05, 3.63) is 58.3 Å². The van der Waals surface area contributed by atoms with Crippen molar-refractivity contribution in [3.63, 3.8) is 0 Å². The Balaban J connectivity index is 2.01. The highest BCUT2D eigenvalue weighted by molar-refractivity contribution is 7.09. The van der Waals surface area contributed by atoms with Gasteiger partial charge in [-0.05, 0) is 23.9 Å². The lowest BCUT2D eigenvalue weighted by molar-refractivity contribution is -0.133. The Labute approximate surface area is 124 Å². The van der Waals surface area contributed by atoms with Gasteiger partial charge in [0.25, 0.3) is 0 Å². The normalized spacial score (nSPS) is 13.8. The summed E-state index contributed by atoms with van der Waals surface area (Å²) in [5, 5.41) is 2.06. The molecule has 2 rings (SSSR count). The maximum Gasteiger partial charge on any atom is 0.244 e. The Morgan fingerprint density at radius 3 is 2.55 bits per heavy atom. The van der Waals surface area contributed by atoms with Gasteiger partial charge >= 0.3 is 0 Å². The number of carbonyl (C=O) groups excluding carboxylic acids is 1. The van der Waals surface area contributed by atoms with Crippen LogP contribution in [0.15, 0.2) is 47.8 Å². The Hall–Kier alpha value is -1.65. The van der Waals surface area contributed by atoms with Crippen LogP contribution in [0, 0.1) is 0 Å². The molecule has 4 heteroatoms. The summed E-state index contributed by atoms with van der Waals surface area (Å²) in [6, 6.07) is 13.2. The Bertz CT molecular complexity index is 539. The maximum absolute atomic E-state index is 12.4. The molecule has 0 aliphatic carbocycles. The van der Waals surface area contributed by atoms with Crippen LogP contribution in [0.4, 0.5) is 0 Å². The Morgan fingerprint density at radius 2 is 1.95 bits per heavy atom. The van der Waals surface area contributed by atoms with Gasteiger partial charge in [0.15, 0.2) is 0 Å². The van der Waals surface area contributed by atoms with Crippen LogP contribution < -0.4 is 5.73 Å². The first-order valence-electron chi connectivity index (χ1n) is 6.69. The number of nitrogens with two attached hydrogens (primary N) is 1. The van der Waals surface area contributed by atoms with Crippen molar-refractivity contribution in [2.75, 3.05) is 7.05 Å². The average molecular weight is 288 g/mol. The zero-order valence-electron chi connectivity index (χ0n) is 11.8. The number of carbonyl (C=O) groups is 1. The maximum atomic E-state index is 12.4. The standard InChI is InChI=1S/C16H20N2OS/c1-12(11-14-9-6-10-20-14)18(2)16(19)15(17)13-7-4-3-5-8-13/h3-10,12,15H,11,17H2,1-2H3/t12?,15-/m1/s1. The minimum atomic E-state index is -0.591. The van der Waals surface area contributed by atoms with Gasteiger partial charge in [-0.25, -0.2) is 0 Å². The molecular weight excluding hydrogens is 268 g/mol. The van der Waals surface area contributed by atoms with Crippen LogP contribution >= 0.6 is 11.3 Å². The zero-order valence-corrected chi connectivity index (χ0v) is 12.6. The Kier molecular flexibility index (Phi) is 4.93. The van der Waals surface area contributed by atoms with Crippen LogP contribution in [0.3, 0.4) is 0 Å². The molecular formula is C16H20N2OS. The van der Waals surface area contributed by atoms with E-state index >= 15 is 0 Å². The van der Waals surface area contributed by atoms with E-state index in [1.807, 2.05) is 43.4 Å². The van der Waals surface area contributed by atoms with E-state index in [4.69, 9.17) is 5.73 Å². The van der Waals surface area contributed by atoms with Gasteiger partial charge in [-0.1, -0.05) is 36.4 Å². The third kappa shape index (κ3) is 3.46. The molecule has 2 N–H and O–H groups in total. The van der Waals surface area contributed by atoms with Crippen molar-refractivity contribution >= 4 is 17.2 Å². The fourth-order valence-corrected chi connectivity index (χ4v) is 2.92. The molecule has 1 aromatic heterocycles. The third-order valence-electron chi connectivity index (χ3n) is 3.51. The molecule has 2 aromatic rings. The fraction of sp³-hybridized carbons (Fsp3) is 0.312. The van der Waals surface area contributed by atoms with E-state index in [1.165, 1.54) is 4.88 Å². The monoisotopic (exact) mass is 288 g/mol. The number of likely N-dealkylation sites (N-methyl/N-ethyl adjacent to an activating group) is 1. The first-order chi connectivity index (χ1) is 9.59. The van der Waals surface area contributed by atoms with Crippen molar-refractivity contribution in [2.45, 2.75) is 25.4 Å². The molecule has 1 aromatic carbocycles. The molecule has 2 atom stereocenters. The summed E-state index contributed by atoms with van der Waals surface area (Å²) in [5.41, 5.74) is 6.92. The topological polar surface area (TPSA) is 46.3 Å². The lowest BCUT2D eigenvalue weighted by atomic mass is 10.1. The molecule has 0 aliphatic rings. The largest absolute Gasteiger partial charge is 0.341 e. The van der Waals surface area contributed by atoms with E-state index in [-0.39, 0.29) is 11.9 Å². The second-order valence-corrected chi connectivity index (χ2v) is 6.00. The summed E-state index contributed by atoms with van der Waals surface area (Å²) in [6.45, 7) is 2.05. The minimum absolute atomic E-state index is 0.0414. The molecule has 0 saturated carbocycles. The number of benzene rings is 1.